The molecule has 19 heavy (non-hydrogen) atoms. The lowest BCUT2D eigenvalue weighted by molar-refractivity contribution is -0.384. The van der Waals surface area contributed by atoms with Crippen molar-refractivity contribution in [3.8, 4) is 11.1 Å². The Bertz CT molecular complexity index is 570. The van der Waals surface area contributed by atoms with Gasteiger partial charge in [-0.1, -0.05) is 13.3 Å². The predicted molar refractivity (Wildman–Crippen MR) is 74.1 cm³/mol. The van der Waals surface area contributed by atoms with E-state index in [9.17, 15) is 10.1 Å². The van der Waals surface area contributed by atoms with Crippen LogP contribution in [0.15, 0.2) is 34.7 Å². The van der Waals surface area contributed by atoms with Crippen molar-refractivity contribution in [1.29, 1.82) is 0 Å². The second-order valence-electron chi connectivity index (χ2n) is 4.60. The minimum absolute atomic E-state index is 0.110. The number of furan rings is 1. The van der Waals surface area contributed by atoms with E-state index < -0.39 is 0 Å². The first-order chi connectivity index (χ1) is 9.11. The van der Waals surface area contributed by atoms with Crippen LogP contribution in [0, 0.1) is 17.0 Å². The van der Waals surface area contributed by atoms with E-state index in [0.717, 1.165) is 41.9 Å². The van der Waals surface area contributed by atoms with Crippen LogP contribution in [0.25, 0.3) is 11.1 Å². The van der Waals surface area contributed by atoms with Gasteiger partial charge >= 0.3 is 0 Å². The lowest BCUT2D eigenvalue weighted by Gasteiger charge is -2.02. The zero-order chi connectivity index (χ0) is 13.8. The molecule has 100 valence electrons. The van der Waals surface area contributed by atoms with Crippen LogP contribution in [0.4, 0.5) is 5.69 Å². The number of rotatable bonds is 5. The molecule has 0 aliphatic carbocycles. The SMILES string of the molecule is CCCCc1oc(C)cc1-c1ccc([N+](=O)[O-])cc1. The van der Waals surface area contributed by atoms with Crippen LogP contribution in [0.2, 0.25) is 0 Å². The number of non-ortho nitro benzene ring substituents is 1. The third kappa shape index (κ3) is 3.02. The molecule has 0 saturated heterocycles. The molecule has 0 N–H and O–H groups in total. The quantitative estimate of drug-likeness (QED) is 0.586. The number of nitro groups is 1. The Labute approximate surface area is 112 Å². The standard InChI is InChI=1S/C15H17NO3/c1-3-4-5-15-14(10-11(2)19-15)12-6-8-13(9-7-12)16(17)18/h6-10H,3-5H2,1-2H3. The molecule has 0 radical (unpaired) electrons. The Kier molecular flexibility index (Phi) is 4.00. The fraction of sp³-hybridized carbons (Fsp3) is 0.333. The third-order valence-corrected chi connectivity index (χ3v) is 3.08. The highest BCUT2D eigenvalue weighted by Gasteiger charge is 2.12. The number of hydrogen-bond acceptors (Lipinski definition) is 3. The fourth-order valence-corrected chi connectivity index (χ4v) is 2.09. The van der Waals surface area contributed by atoms with Gasteiger partial charge in [0.15, 0.2) is 0 Å². The van der Waals surface area contributed by atoms with Gasteiger partial charge in [-0.15, -0.1) is 0 Å². The lowest BCUT2D eigenvalue weighted by atomic mass is 10.0. The average Bonchev–Trinajstić information content (AvgIpc) is 2.77. The van der Waals surface area contributed by atoms with Crippen LogP contribution in [-0.4, -0.2) is 4.92 Å². The molecule has 0 spiro atoms. The predicted octanol–water partition coefficient (Wildman–Crippen LogP) is 4.51. The monoisotopic (exact) mass is 259 g/mol. The van der Waals surface area contributed by atoms with E-state index in [0.29, 0.717) is 0 Å². The van der Waals surface area contributed by atoms with E-state index in [4.69, 9.17) is 4.42 Å². The Hall–Kier alpha value is -2.10. The maximum absolute atomic E-state index is 10.6. The molecule has 1 aromatic carbocycles. The molecule has 2 rings (SSSR count). The van der Waals surface area contributed by atoms with Crippen LogP contribution in [-0.2, 0) is 6.42 Å². The van der Waals surface area contributed by atoms with Crippen LogP contribution < -0.4 is 0 Å². The van der Waals surface area contributed by atoms with Gasteiger partial charge in [0.2, 0.25) is 0 Å². The van der Waals surface area contributed by atoms with Crippen molar-refractivity contribution in [1.82, 2.24) is 0 Å². The van der Waals surface area contributed by atoms with Crippen LogP contribution in [0.5, 0.6) is 0 Å². The number of aryl methyl sites for hydroxylation is 2. The maximum Gasteiger partial charge on any atom is 0.269 e. The van der Waals surface area contributed by atoms with Crippen molar-refractivity contribution in [2.75, 3.05) is 0 Å². The van der Waals surface area contributed by atoms with Crippen molar-refractivity contribution in [3.63, 3.8) is 0 Å². The van der Waals surface area contributed by atoms with Crippen molar-refractivity contribution in [3.05, 3.63) is 52.0 Å². The fourth-order valence-electron chi connectivity index (χ4n) is 2.09. The summed E-state index contributed by atoms with van der Waals surface area (Å²) in [6.45, 7) is 4.06. The van der Waals surface area contributed by atoms with Gasteiger partial charge in [-0.2, -0.15) is 0 Å². The largest absolute Gasteiger partial charge is 0.466 e. The van der Waals surface area contributed by atoms with Gasteiger partial charge in [-0.25, -0.2) is 0 Å². The molecule has 4 heteroatoms. The highest BCUT2D eigenvalue weighted by molar-refractivity contribution is 5.67. The second kappa shape index (κ2) is 5.69. The summed E-state index contributed by atoms with van der Waals surface area (Å²) in [7, 11) is 0. The normalized spacial score (nSPS) is 10.6. The van der Waals surface area contributed by atoms with Crippen LogP contribution in [0.3, 0.4) is 0 Å². The second-order valence-corrected chi connectivity index (χ2v) is 4.60. The van der Waals surface area contributed by atoms with Crippen LogP contribution >= 0.6 is 0 Å². The number of unbranched alkanes of at least 4 members (excludes halogenated alkanes) is 1. The summed E-state index contributed by atoms with van der Waals surface area (Å²) in [6.07, 6.45) is 3.09. The summed E-state index contributed by atoms with van der Waals surface area (Å²) in [5, 5.41) is 10.6. The molecule has 0 atom stereocenters. The number of nitrogens with zero attached hydrogens (tertiary/aromatic N) is 1. The van der Waals surface area contributed by atoms with E-state index >= 15 is 0 Å². The smallest absolute Gasteiger partial charge is 0.269 e. The highest BCUT2D eigenvalue weighted by atomic mass is 16.6. The molecular formula is C15H17NO3. The van der Waals surface area contributed by atoms with Crippen molar-refractivity contribution >= 4 is 5.69 Å². The Morgan fingerprint density at radius 1 is 1.26 bits per heavy atom. The molecule has 0 bridgehead atoms. The summed E-state index contributed by atoms with van der Waals surface area (Å²) < 4.78 is 5.71. The Morgan fingerprint density at radius 3 is 2.53 bits per heavy atom. The van der Waals surface area contributed by atoms with Gasteiger partial charge in [-0.05, 0) is 37.1 Å². The first-order valence-electron chi connectivity index (χ1n) is 6.46. The molecule has 0 saturated carbocycles. The molecule has 2 aromatic rings. The summed E-state index contributed by atoms with van der Waals surface area (Å²) in [5.74, 6) is 1.84. The minimum atomic E-state index is -0.387. The van der Waals surface area contributed by atoms with E-state index in [1.165, 1.54) is 12.1 Å². The Morgan fingerprint density at radius 2 is 1.95 bits per heavy atom. The highest BCUT2D eigenvalue weighted by Crippen LogP contribution is 2.29. The van der Waals surface area contributed by atoms with Crippen molar-refractivity contribution in [2.45, 2.75) is 33.1 Å². The number of nitro benzene ring substituents is 1. The van der Waals surface area contributed by atoms with Gasteiger partial charge < -0.3 is 4.42 Å². The third-order valence-electron chi connectivity index (χ3n) is 3.08. The molecule has 4 nitrogen and oxygen atoms in total. The van der Waals surface area contributed by atoms with Gasteiger partial charge in [0, 0.05) is 24.1 Å². The zero-order valence-corrected chi connectivity index (χ0v) is 11.2. The van der Waals surface area contributed by atoms with E-state index in [1.807, 2.05) is 13.0 Å². The molecule has 0 amide bonds. The molecule has 1 aromatic heterocycles. The van der Waals surface area contributed by atoms with Gasteiger partial charge in [-0.3, -0.25) is 10.1 Å². The van der Waals surface area contributed by atoms with Gasteiger partial charge in [0.25, 0.3) is 5.69 Å². The maximum atomic E-state index is 10.6. The molecular weight excluding hydrogens is 242 g/mol. The number of benzene rings is 1. The average molecular weight is 259 g/mol. The summed E-state index contributed by atoms with van der Waals surface area (Å²) >= 11 is 0. The summed E-state index contributed by atoms with van der Waals surface area (Å²) in [5.41, 5.74) is 2.12. The van der Waals surface area contributed by atoms with Crippen molar-refractivity contribution < 1.29 is 9.34 Å². The molecule has 1 heterocycles. The van der Waals surface area contributed by atoms with E-state index in [-0.39, 0.29) is 10.6 Å². The van der Waals surface area contributed by atoms with Gasteiger partial charge in [0.1, 0.15) is 11.5 Å². The van der Waals surface area contributed by atoms with Gasteiger partial charge in [0.05, 0.1) is 4.92 Å². The minimum Gasteiger partial charge on any atom is -0.466 e. The number of hydrogen-bond donors (Lipinski definition) is 0. The summed E-state index contributed by atoms with van der Waals surface area (Å²) in [6, 6.07) is 8.60. The van der Waals surface area contributed by atoms with Crippen LogP contribution in [0.1, 0.15) is 31.3 Å². The van der Waals surface area contributed by atoms with Crippen molar-refractivity contribution in [2.24, 2.45) is 0 Å². The van der Waals surface area contributed by atoms with E-state index in [1.54, 1.807) is 12.1 Å². The molecule has 0 fully saturated rings. The topological polar surface area (TPSA) is 56.3 Å². The molecule has 0 aliphatic rings. The Balaban J connectivity index is 2.32. The first-order valence-corrected chi connectivity index (χ1v) is 6.46. The molecule has 0 aliphatic heterocycles. The van der Waals surface area contributed by atoms with E-state index in [2.05, 4.69) is 6.92 Å². The lowest BCUT2D eigenvalue weighted by Crippen LogP contribution is -1.88. The first kappa shape index (κ1) is 13.3. The zero-order valence-electron chi connectivity index (χ0n) is 11.2. The summed E-state index contributed by atoms with van der Waals surface area (Å²) in [4.78, 5) is 10.3. The molecule has 0 unspecified atom stereocenters.